The molecule has 0 aromatic rings. The minimum atomic E-state index is 0.584. The summed E-state index contributed by atoms with van der Waals surface area (Å²) in [6, 6.07) is 0. The molecular formula is C22H44. The van der Waals surface area contributed by atoms with Crippen molar-refractivity contribution in [2.45, 2.75) is 94.4 Å². The lowest BCUT2D eigenvalue weighted by molar-refractivity contribution is -0.0537. The van der Waals surface area contributed by atoms with Crippen LogP contribution in [0.4, 0.5) is 0 Å². The molecular weight excluding hydrogens is 264 g/mol. The van der Waals surface area contributed by atoms with Gasteiger partial charge in [-0.25, -0.2) is 0 Å². The van der Waals surface area contributed by atoms with Gasteiger partial charge in [0.05, 0.1) is 0 Å². The highest BCUT2D eigenvalue weighted by Gasteiger charge is 2.48. The summed E-state index contributed by atoms with van der Waals surface area (Å²) in [4.78, 5) is 0. The van der Waals surface area contributed by atoms with Crippen molar-refractivity contribution in [3.8, 4) is 0 Å². The fourth-order valence-electron chi connectivity index (χ4n) is 5.91. The largest absolute Gasteiger partial charge is 0.0683 e. The highest BCUT2D eigenvalue weighted by Crippen LogP contribution is 2.56. The minimum absolute atomic E-state index is 0.584. The smallest absolute Gasteiger partial charge is 0.0271 e. The van der Waals surface area contributed by atoms with Crippen LogP contribution in [0.1, 0.15) is 94.4 Å². The molecule has 2 aliphatic carbocycles. The number of hydrogen-bond donors (Lipinski definition) is 0. The maximum Gasteiger partial charge on any atom is -0.0271 e. The summed E-state index contributed by atoms with van der Waals surface area (Å²) in [5.74, 6) is 6.53. The number of rotatable bonds is 2. The Bertz CT molecular complexity index is 306. The molecule has 0 bridgehead atoms. The Morgan fingerprint density at radius 1 is 0.818 bits per heavy atom. The van der Waals surface area contributed by atoms with Crippen molar-refractivity contribution in [3.05, 3.63) is 0 Å². The Balaban J connectivity index is 0.00000116. The molecule has 2 rings (SSSR count). The standard InChI is InChI=1S/C20H38.C2H6/c1-13(2)20(7)9-8-14(3)12-18(20)19-16(5)10-15(4)11-17(19)6;1-2/h13-19H,8-12H2,1-7H3;1-2H3. The van der Waals surface area contributed by atoms with E-state index in [4.69, 9.17) is 0 Å². The van der Waals surface area contributed by atoms with E-state index in [1.165, 1.54) is 32.1 Å². The van der Waals surface area contributed by atoms with E-state index in [9.17, 15) is 0 Å². The molecule has 2 aliphatic rings. The summed E-state index contributed by atoms with van der Waals surface area (Å²) in [5, 5.41) is 0. The van der Waals surface area contributed by atoms with E-state index in [0.29, 0.717) is 5.41 Å². The fraction of sp³-hybridized carbons (Fsp3) is 1.00. The average molecular weight is 309 g/mol. The minimum Gasteiger partial charge on any atom is -0.0683 e. The zero-order valence-electron chi connectivity index (χ0n) is 17.1. The fourth-order valence-corrected chi connectivity index (χ4v) is 5.91. The molecule has 2 saturated carbocycles. The van der Waals surface area contributed by atoms with Crippen LogP contribution in [0, 0.1) is 46.8 Å². The van der Waals surface area contributed by atoms with Crippen LogP contribution in [0.15, 0.2) is 0 Å². The Hall–Kier alpha value is 0. The molecule has 0 saturated heterocycles. The highest BCUT2D eigenvalue weighted by molar-refractivity contribution is 4.97. The zero-order valence-corrected chi connectivity index (χ0v) is 17.1. The van der Waals surface area contributed by atoms with E-state index in [0.717, 1.165) is 41.4 Å². The van der Waals surface area contributed by atoms with E-state index in [2.05, 4.69) is 48.5 Å². The van der Waals surface area contributed by atoms with Crippen molar-refractivity contribution >= 4 is 0 Å². The summed E-state index contributed by atoms with van der Waals surface area (Å²) in [6.45, 7) is 21.6. The predicted molar refractivity (Wildman–Crippen MR) is 101 cm³/mol. The van der Waals surface area contributed by atoms with Gasteiger partial charge in [-0.3, -0.25) is 0 Å². The summed E-state index contributed by atoms with van der Waals surface area (Å²) < 4.78 is 0. The quantitative estimate of drug-likeness (QED) is 0.497. The van der Waals surface area contributed by atoms with Crippen molar-refractivity contribution in [2.24, 2.45) is 46.8 Å². The highest BCUT2D eigenvalue weighted by atomic mass is 14.5. The second-order valence-electron chi connectivity index (χ2n) is 9.26. The molecule has 0 aromatic heterocycles. The van der Waals surface area contributed by atoms with Crippen molar-refractivity contribution in [1.82, 2.24) is 0 Å². The Morgan fingerprint density at radius 2 is 1.32 bits per heavy atom. The van der Waals surface area contributed by atoms with E-state index in [1.807, 2.05) is 13.8 Å². The van der Waals surface area contributed by atoms with E-state index >= 15 is 0 Å². The van der Waals surface area contributed by atoms with Gasteiger partial charge in [0, 0.05) is 0 Å². The first-order chi connectivity index (χ1) is 10.3. The Morgan fingerprint density at radius 3 is 1.77 bits per heavy atom. The van der Waals surface area contributed by atoms with Gasteiger partial charge in [0.15, 0.2) is 0 Å². The average Bonchev–Trinajstić information content (AvgIpc) is 2.43. The first kappa shape index (κ1) is 20.0. The lowest BCUT2D eigenvalue weighted by Crippen LogP contribution is -2.47. The third-order valence-corrected chi connectivity index (χ3v) is 7.33. The second-order valence-corrected chi connectivity index (χ2v) is 9.26. The molecule has 132 valence electrons. The molecule has 5 atom stereocenters. The normalized spacial score (nSPS) is 46.1. The van der Waals surface area contributed by atoms with Crippen LogP contribution in [0.3, 0.4) is 0 Å². The molecule has 0 radical (unpaired) electrons. The Kier molecular flexibility index (Phi) is 7.47. The number of hydrogen-bond acceptors (Lipinski definition) is 0. The third-order valence-electron chi connectivity index (χ3n) is 7.33. The van der Waals surface area contributed by atoms with Crippen LogP contribution < -0.4 is 0 Å². The maximum absolute atomic E-state index is 2.62. The van der Waals surface area contributed by atoms with Gasteiger partial charge in [0.2, 0.25) is 0 Å². The molecule has 0 nitrogen and oxygen atoms in total. The molecule has 0 N–H and O–H groups in total. The van der Waals surface area contributed by atoms with Crippen LogP contribution in [0.5, 0.6) is 0 Å². The molecule has 0 aliphatic heterocycles. The van der Waals surface area contributed by atoms with Crippen molar-refractivity contribution in [1.29, 1.82) is 0 Å². The summed E-state index contributed by atoms with van der Waals surface area (Å²) >= 11 is 0. The molecule has 0 heterocycles. The van der Waals surface area contributed by atoms with Crippen LogP contribution in [0.25, 0.3) is 0 Å². The van der Waals surface area contributed by atoms with Gasteiger partial charge in [-0.1, -0.05) is 68.7 Å². The van der Waals surface area contributed by atoms with E-state index in [-0.39, 0.29) is 0 Å². The molecule has 0 heteroatoms. The molecule has 2 fully saturated rings. The van der Waals surface area contributed by atoms with Gasteiger partial charge < -0.3 is 0 Å². The van der Waals surface area contributed by atoms with E-state index < -0.39 is 0 Å². The van der Waals surface area contributed by atoms with Gasteiger partial charge in [0.1, 0.15) is 0 Å². The van der Waals surface area contributed by atoms with Gasteiger partial charge in [-0.05, 0) is 72.5 Å². The first-order valence-corrected chi connectivity index (χ1v) is 10.3. The lowest BCUT2D eigenvalue weighted by Gasteiger charge is -2.54. The second kappa shape index (κ2) is 8.20. The summed E-state index contributed by atoms with van der Waals surface area (Å²) in [6.07, 6.45) is 7.34. The van der Waals surface area contributed by atoms with E-state index in [1.54, 1.807) is 0 Å². The van der Waals surface area contributed by atoms with Gasteiger partial charge >= 0.3 is 0 Å². The van der Waals surface area contributed by atoms with Crippen molar-refractivity contribution in [3.63, 3.8) is 0 Å². The zero-order chi connectivity index (χ0) is 17.1. The summed E-state index contributed by atoms with van der Waals surface area (Å²) in [7, 11) is 0. The van der Waals surface area contributed by atoms with Gasteiger partial charge in [-0.2, -0.15) is 0 Å². The van der Waals surface area contributed by atoms with Gasteiger partial charge in [-0.15, -0.1) is 0 Å². The molecule has 0 spiro atoms. The monoisotopic (exact) mass is 308 g/mol. The van der Waals surface area contributed by atoms with Crippen LogP contribution in [-0.4, -0.2) is 0 Å². The van der Waals surface area contributed by atoms with Crippen molar-refractivity contribution < 1.29 is 0 Å². The maximum atomic E-state index is 2.62. The van der Waals surface area contributed by atoms with Crippen LogP contribution in [0.2, 0.25) is 0 Å². The Labute approximate surface area is 141 Å². The lowest BCUT2D eigenvalue weighted by atomic mass is 9.51. The molecule has 0 amide bonds. The molecule has 22 heavy (non-hydrogen) atoms. The predicted octanol–water partition coefficient (Wildman–Crippen LogP) is 7.43. The van der Waals surface area contributed by atoms with Crippen LogP contribution in [-0.2, 0) is 0 Å². The van der Waals surface area contributed by atoms with Crippen LogP contribution >= 0.6 is 0 Å². The SMILES string of the molecule is CC.CC1CC(C)C(C2CC(C)CCC2(C)C(C)C)C(C)C1. The summed E-state index contributed by atoms with van der Waals surface area (Å²) in [5.41, 5.74) is 0.584. The molecule has 5 unspecified atom stereocenters. The van der Waals surface area contributed by atoms with Crippen molar-refractivity contribution in [2.75, 3.05) is 0 Å². The molecule has 0 aromatic carbocycles. The first-order valence-electron chi connectivity index (χ1n) is 10.3. The topological polar surface area (TPSA) is 0 Å². The third kappa shape index (κ3) is 4.09. The van der Waals surface area contributed by atoms with Gasteiger partial charge in [0.25, 0.3) is 0 Å².